The van der Waals surface area contributed by atoms with Gasteiger partial charge in [0.25, 0.3) is 0 Å². The number of cyclic esters (lactones) is 1. The number of ether oxygens (including phenoxy) is 1. The SMILES string of the molecule is CC12CCC(O)CC1CCC1[C@H]2CCC2(C)C(C3=CC(=O)OC3)C(O)CC12O. The molecule has 0 amide bonds. The van der Waals surface area contributed by atoms with E-state index < -0.39 is 17.1 Å². The number of aliphatic hydroxyl groups excluding tert-OH is 2. The minimum Gasteiger partial charge on any atom is -0.458 e. The molecule has 5 heteroatoms. The summed E-state index contributed by atoms with van der Waals surface area (Å²) >= 11 is 0. The molecular weight excluding hydrogens is 356 g/mol. The second-order valence-corrected chi connectivity index (χ2v) is 10.9. The number of hydrogen-bond donors (Lipinski definition) is 3. The minimum atomic E-state index is -0.906. The molecule has 8 unspecified atom stereocenters. The molecule has 28 heavy (non-hydrogen) atoms. The van der Waals surface area contributed by atoms with Gasteiger partial charge in [-0.3, -0.25) is 0 Å². The Labute approximate surface area is 167 Å². The molecule has 0 saturated heterocycles. The molecule has 1 heterocycles. The summed E-state index contributed by atoms with van der Waals surface area (Å²) in [6.07, 6.45) is 7.87. The molecule has 0 bridgehead atoms. The van der Waals surface area contributed by atoms with Crippen LogP contribution in [0.4, 0.5) is 0 Å². The highest BCUT2D eigenvalue weighted by Crippen LogP contribution is 2.69. The van der Waals surface area contributed by atoms with Crippen LogP contribution in [-0.2, 0) is 9.53 Å². The van der Waals surface area contributed by atoms with Crippen molar-refractivity contribution in [1.82, 2.24) is 0 Å². The second kappa shape index (κ2) is 6.05. The highest BCUT2D eigenvalue weighted by Gasteiger charge is 2.70. The summed E-state index contributed by atoms with van der Waals surface area (Å²) in [6.45, 7) is 4.77. The number of esters is 1. The van der Waals surface area contributed by atoms with Gasteiger partial charge in [-0.2, -0.15) is 0 Å². The lowest BCUT2D eigenvalue weighted by atomic mass is 9.43. The van der Waals surface area contributed by atoms with Crippen LogP contribution in [-0.4, -0.2) is 45.7 Å². The van der Waals surface area contributed by atoms with Gasteiger partial charge in [0.15, 0.2) is 0 Å². The number of carbonyl (C=O) groups excluding carboxylic acids is 1. The molecule has 0 aromatic heterocycles. The zero-order chi connectivity index (χ0) is 19.9. The van der Waals surface area contributed by atoms with E-state index in [0.29, 0.717) is 18.3 Å². The molecule has 0 radical (unpaired) electrons. The number of hydrogen-bond acceptors (Lipinski definition) is 5. The Balaban J connectivity index is 1.50. The Kier molecular flexibility index (Phi) is 4.12. The molecule has 9 atom stereocenters. The van der Waals surface area contributed by atoms with Gasteiger partial charge >= 0.3 is 5.97 Å². The third kappa shape index (κ3) is 2.33. The summed E-state index contributed by atoms with van der Waals surface area (Å²) in [6, 6.07) is 0. The standard InChI is InChI=1S/C23H34O5/c1-21-7-5-15(24)10-14(21)3-4-17-16(21)6-8-22(2)20(13-9-19(26)28-12-13)18(25)11-23(17,22)27/h9,14-18,20,24-25,27H,3-8,10-12H2,1-2H3/t14?,15?,16-,17?,18?,20?,21?,22?,23?/m1/s1. The smallest absolute Gasteiger partial charge is 0.331 e. The summed E-state index contributed by atoms with van der Waals surface area (Å²) in [5.41, 5.74) is -0.301. The van der Waals surface area contributed by atoms with Gasteiger partial charge in [0.1, 0.15) is 6.61 Å². The molecule has 0 aromatic rings. The lowest BCUT2D eigenvalue weighted by molar-refractivity contribution is -0.208. The van der Waals surface area contributed by atoms with E-state index >= 15 is 0 Å². The molecule has 4 fully saturated rings. The number of aliphatic hydroxyl groups is 3. The predicted octanol–water partition coefficient (Wildman–Crippen LogP) is 2.58. The maximum Gasteiger partial charge on any atom is 0.331 e. The molecule has 0 spiro atoms. The van der Waals surface area contributed by atoms with Crippen LogP contribution in [0, 0.1) is 34.5 Å². The van der Waals surface area contributed by atoms with Crippen molar-refractivity contribution in [3.05, 3.63) is 11.6 Å². The third-order valence-corrected chi connectivity index (χ3v) is 9.92. The van der Waals surface area contributed by atoms with E-state index in [1.54, 1.807) is 0 Å². The van der Waals surface area contributed by atoms with E-state index in [2.05, 4.69) is 13.8 Å². The fraction of sp³-hybridized carbons (Fsp3) is 0.870. The van der Waals surface area contributed by atoms with Crippen molar-refractivity contribution in [3.8, 4) is 0 Å². The van der Waals surface area contributed by atoms with Crippen LogP contribution in [0.5, 0.6) is 0 Å². The van der Waals surface area contributed by atoms with Crippen LogP contribution < -0.4 is 0 Å². The largest absolute Gasteiger partial charge is 0.458 e. The maximum atomic E-state index is 12.1. The van der Waals surface area contributed by atoms with Crippen LogP contribution in [0.15, 0.2) is 11.6 Å². The predicted molar refractivity (Wildman–Crippen MR) is 103 cm³/mol. The highest BCUT2D eigenvalue weighted by molar-refractivity contribution is 5.85. The molecule has 1 aliphatic heterocycles. The van der Waals surface area contributed by atoms with Gasteiger partial charge in [-0.1, -0.05) is 13.8 Å². The molecule has 4 aliphatic carbocycles. The van der Waals surface area contributed by atoms with Crippen molar-refractivity contribution in [3.63, 3.8) is 0 Å². The topological polar surface area (TPSA) is 87.0 Å². The van der Waals surface area contributed by atoms with E-state index in [4.69, 9.17) is 4.74 Å². The number of rotatable bonds is 1. The Morgan fingerprint density at radius 1 is 1.07 bits per heavy atom. The van der Waals surface area contributed by atoms with Crippen LogP contribution in [0.25, 0.3) is 0 Å². The molecule has 4 saturated carbocycles. The summed E-state index contributed by atoms with van der Waals surface area (Å²) in [5, 5.41) is 33.3. The average Bonchev–Trinajstić information content (AvgIpc) is 3.13. The molecule has 0 aromatic carbocycles. The zero-order valence-electron chi connectivity index (χ0n) is 17.1. The van der Waals surface area contributed by atoms with Crippen molar-refractivity contribution in [2.45, 2.75) is 83.0 Å². The van der Waals surface area contributed by atoms with Crippen LogP contribution in [0.2, 0.25) is 0 Å². The van der Waals surface area contributed by atoms with E-state index in [9.17, 15) is 20.1 Å². The van der Waals surface area contributed by atoms with Gasteiger partial charge in [-0.15, -0.1) is 0 Å². The first-order valence-corrected chi connectivity index (χ1v) is 11.1. The van der Waals surface area contributed by atoms with Crippen LogP contribution in [0.3, 0.4) is 0 Å². The van der Waals surface area contributed by atoms with E-state index in [1.807, 2.05) is 0 Å². The minimum absolute atomic E-state index is 0.170. The van der Waals surface area contributed by atoms with Crippen molar-refractivity contribution < 1.29 is 24.9 Å². The monoisotopic (exact) mass is 390 g/mol. The average molecular weight is 391 g/mol. The zero-order valence-corrected chi connectivity index (χ0v) is 17.1. The highest BCUT2D eigenvalue weighted by atomic mass is 16.5. The van der Waals surface area contributed by atoms with Crippen molar-refractivity contribution >= 4 is 5.97 Å². The van der Waals surface area contributed by atoms with Crippen molar-refractivity contribution in [2.75, 3.05) is 6.61 Å². The first kappa shape index (κ1) is 19.1. The molecule has 5 aliphatic rings. The summed E-state index contributed by atoms with van der Waals surface area (Å²) < 4.78 is 5.14. The van der Waals surface area contributed by atoms with E-state index in [-0.39, 0.29) is 35.9 Å². The van der Waals surface area contributed by atoms with Gasteiger partial charge < -0.3 is 20.1 Å². The van der Waals surface area contributed by atoms with Gasteiger partial charge in [0.05, 0.1) is 17.8 Å². The lowest BCUT2D eigenvalue weighted by Gasteiger charge is -2.63. The summed E-state index contributed by atoms with van der Waals surface area (Å²) in [5.74, 6) is 0.627. The van der Waals surface area contributed by atoms with Crippen LogP contribution >= 0.6 is 0 Å². The van der Waals surface area contributed by atoms with Crippen molar-refractivity contribution in [2.24, 2.45) is 34.5 Å². The van der Waals surface area contributed by atoms with Gasteiger partial charge in [0.2, 0.25) is 0 Å². The fourth-order valence-corrected chi connectivity index (χ4v) is 8.47. The summed E-state index contributed by atoms with van der Waals surface area (Å²) in [7, 11) is 0. The Hall–Kier alpha value is -0.910. The molecule has 3 N–H and O–H groups in total. The number of carbonyl (C=O) groups is 1. The molecule has 156 valence electrons. The molecular formula is C23H34O5. The normalized spacial score (nSPS) is 55.8. The number of fused-ring (bicyclic) bond motifs is 5. The van der Waals surface area contributed by atoms with Crippen molar-refractivity contribution in [1.29, 1.82) is 0 Å². The fourth-order valence-electron chi connectivity index (χ4n) is 8.47. The molecule has 5 rings (SSSR count). The quantitative estimate of drug-likeness (QED) is 0.599. The first-order valence-electron chi connectivity index (χ1n) is 11.1. The Bertz CT molecular complexity index is 718. The van der Waals surface area contributed by atoms with Crippen LogP contribution in [0.1, 0.15) is 65.2 Å². The lowest BCUT2D eigenvalue weighted by Crippen LogP contribution is -2.62. The molecule has 5 nitrogen and oxygen atoms in total. The van der Waals surface area contributed by atoms with E-state index in [1.165, 1.54) is 6.08 Å². The van der Waals surface area contributed by atoms with Gasteiger partial charge in [0, 0.05) is 23.8 Å². The summed E-state index contributed by atoms with van der Waals surface area (Å²) in [4.78, 5) is 11.7. The van der Waals surface area contributed by atoms with Gasteiger partial charge in [-0.25, -0.2) is 4.79 Å². The Morgan fingerprint density at radius 2 is 1.86 bits per heavy atom. The van der Waals surface area contributed by atoms with E-state index in [0.717, 1.165) is 50.5 Å². The third-order valence-electron chi connectivity index (χ3n) is 9.92. The Morgan fingerprint density at radius 3 is 2.57 bits per heavy atom. The maximum absolute atomic E-state index is 12.1. The first-order chi connectivity index (χ1) is 13.2. The van der Waals surface area contributed by atoms with Gasteiger partial charge in [-0.05, 0) is 73.7 Å². The second-order valence-electron chi connectivity index (χ2n) is 10.9.